The van der Waals surface area contributed by atoms with Crippen molar-refractivity contribution in [3.8, 4) is 5.75 Å². The summed E-state index contributed by atoms with van der Waals surface area (Å²) in [6.07, 6.45) is 1.97. The lowest BCUT2D eigenvalue weighted by Gasteiger charge is -2.15. The summed E-state index contributed by atoms with van der Waals surface area (Å²) in [6.45, 7) is 3.12. The number of nitrogens with one attached hydrogen (secondary N) is 1. The van der Waals surface area contributed by atoms with Gasteiger partial charge in [-0.3, -0.25) is 9.69 Å². The molecule has 1 aromatic rings. The summed E-state index contributed by atoms with van der Waals surface area (Å²) in [5.41, 5.74) is 1.95. The zero-order valence-corrected chi connectivity index (χ0v) is 11.7. The molecule has 1 aliphatic rings. The Morgan fingerprint density at radius 3 is 3.11 bits per heavy atom. The van der Waals surface area contributed by atoms with E-state index in [0.29, 0.717) is 6.54 Å². The second-order valence-corrected chi connectivity index (χ2v) is 5.04. The minimum Gasteiger partial charge on any atom is -0.493 e. The van der Waals surface area contributed by atoms with Crippen molar-refractivity contribution in [1.29, 1.82) is 0 Å². The topological polar surface area (TPSA) is 41.6 Å². The Hall–Kier alpha value is -1.39. The van der Waals surface area contributed by atoms with Crippen molar-refractivity contribution in [2.45, 2.75) is 12.8 Å². The van der Waals surface area contributed by atoms with Gasteiger partial charge in [0.05, 0.1) is 13.2 Å². The summed E-state index contributed by atoms with van der Waals surface area (Å²) in [7, 11) is 3.93. The molecule has 0 saturated carbocycles. The van der Waals surface area contributed by atoms with Gasteiger partial charge in [-0.2, -0.15) is 0 Å². The summed E-state index contributed by atoms with van der Waals surface area (Å²) in [5.74, 6) is 1.11. The van der Waals surface area contributed by atoms with Gasteiger partial charge >= 0.3 is 0 Å². The van der Waals surface area contributed by atoms with Crippen molar-refractivity contribution in [3.05, 3.63) is 29.3 Å². The van der Waals surface area contributed by atoms with Gasteiger partial charge in [0.2, 0.25) is 0 Å². The van der Waals surface area contributed by atoms with E-state index in [1.165, 1.54) is 0 Å². The molecule has 0 unspecified atom stereocenters. The zero-order chi connectivity index (χ0) is 13.7. The van der Waals surface area contributed by atoms with Gasteiger partial charge in [0.25, 0.3) is 0 Å². The SMILES string of the molecule is CNCCCN(C)CC(=O)c1ccc2c(c1)CCO2. The molecule has 2 rings (SSSR count). The number of hydrogen-bond donors (Lipinski definition) is 1. The molecule has 0 bridgehead atoms. The van der Waals surface area contributed by atoms with Gasteiger partial charge in [-0.25, -0.2) is 0 Å². The number of ether oxygens (including phenoxy) is 1. The highest BCUT2D eigenvalue weighted by molar-refractivity contribution is 5.98. The van der Waals surface area contributed by atoms with Gasteiger partial charge in [0.1, 0.15) is 5.75 Å². The Labute approximate surface area is 114 Å². The Morgan fingerprint density at radius 1 is 1.47 bits per heavy atom. The van der Waals surface area contributed by atoms with Crippen LogP contribution >= 0.6 is 0 Å². The lowest BCUT2D eigenvalue weighted by atomic mass is 10.1. The number of fused-ring (bicyclic) bond motifs is 1. The molecule has 4 heteroatoms. The van der Waals surface area contributed by atoms with Crippen molar-refractivity contribution < 1.29 is 9.53 Å². The first-order valence-electron chi connectivity index (χ1n) is 6.83. The van der Waals surface area contributed by atoms with E-state index in [1.54, 1.807) is 0 Å². The molecule has 0 radical (unpaired) electrons. The van der Waals surface area contributed by atoms with E-state index in [0.717, 1.165) is 49.4 Å². The molecular weight excluding hydrogens is 240 g/mol. The third kappa shape index (κ3) is 3.78. The summed E-state index contributed by atoms with van der Waals surface area (Å²) in [6, 6.07) is 5.76. The molecule has 4 nitrogen and oxygen atoms in total. The van der Waals surface area contributed by atoms with E-state index in [-0.39, 0.29) is 5.78 Å². The highest BCUT2D eigenvalue weighted by atomic mass is 16.5. The average Bonchev–Trinajstić information content (AvgIpc) is 2.86. The fourth-order valence-corrected chi connectivity index (χ4v) is 2.30. The first-order chi connectivity index (χ1) is 9.20. The largest absolute Gasteiger partial charge is 0.493 e. The Morgan fingerprint density at radius 2 is 2.32 bits per heavy atom. The normalized spacial score (nSPS) is 13.4. The van der Waals surface area contributed by atoms with E-state index in [1.807, 2.05) is 32.3 Å². The second kappa shape index (κ2) is 6.68. The lowest BCUT2D eigenvalue weighted by molar-refractivity contribution is 0.0945. The number of nitrogens with zero attached hydrogens (tertiary/aromatic N) is 1. The fourth-order valence-electron chi connectivity index (χ4n) is 2.30. The minimum absolute atomic E-state index is 0.182. The maximum atomic E-state index is 12.2. The molecule has 1 N–H and O–H groups in total. The van der Waals surface area contributed by atoms with Gasteiger partial charge in [-0.05, 0) is 57.4 Å². The summed E-state index contributed by atoms with van der Waals surface area (Å²) >= 11 is 0. The monoisotopic (exact) mass is 262 g/mol. The van der Waals surface area contributed by atoms with Crippen molar-refractivity contribution in [2.75, 3.05) is 40.3 Å². The van der Waals surface area contributed by atoms with E-state index >= 15 is 0 Å². The molecule has 1 heterocycles. The van der Waals surface area contributed by atoms with Gasteiger partial charge in [-0.1, -0.05) is 0 Å². The van der Waals surface area contributed by atoms with Gasteiger partial charge < -0.3 is 10.1 Å². The van der Waals surface area contributed by atoms with Crippen LogP contribution in [0.5, 0.6) is 5.75 Å². The maximum Gasteiger partial charge on any atom is 0.176 e. The number of benzene rings is 1. The standard InChI is InChI=1S/C15H22N2O2/c1-16-7-3-8-17(2)11-14(18)12-4-5-15-13(10-12)6-9-19-15/h4-5,10,16H,3,6-9,11H2,1-2H3. The van der Waals surface area contributed by atoms with Gasteiger partial charge in [0, 0.05) is 12.0 Å². The van der Waals surface area contributed by atoms with E-state index in [9.17, 15) is 4.79 Å². The molecule has 0 atom stereocenters. The number of carbonyl (C=O) groups is 1. The van der Waals surface area contributed by atoms with Crippen LogP contribution in [0.1, 0.15) is 22.3 Å². The summed E-state index contributed by atoms with van der Waals surface area (Å²) < 4.78 is 5.45. The molecule has 19 heavy (non-hydrogen) atoms. The van der Waals surface area contributed by atoms with Crippen LogP contribution in [0.4, 0.5) is 0 Å². The van der Waals surface area contributed by atoms with Crippen LogP contribution in [0.3, 0.4) is 0 Å². The fraction of sp³-hybridized carbons (Fsp3) is 0.533. The molecule has 0 amide bonds. The maximum absolute atomic E-state index is 12.2. The number of Topliss-reactive ketones (excluding diaryl/α,β-unsaturated/α-hetero) is 1. The Kier molecular flexibility index (Phi) is 4.93. The molecule has 0 aliphatic carbocycles. The summed E-state index contributed by atoms with van der Waals surface area (Å²) in [5, 5.41) is 3.11. The number of carbonyl (C=O) groups excluding carboxylic acids is 1. The average molecular weight is 262 g/mol. The number of hydrogen-bond acceptors (Lipinski definition) is 4. The molecule has 0 fully saturated rings. The molecule has 1 aliphatic heterocycles. The Bertz CT molecular complexity index is 446. The first-order valence-corrected chi connectivity index (χ1v) is 6.83. The van der Waals surface area contributed by atoms with E-state index < -0.39 is 0 Å². The third-order valence-electron chi connectivity index (χ3n) is 3.39. The Balaban J connectivity index is 1.89. The van der Waals surface area contributed by atoms with Crippen molar-refractivity contribution in [1.82, 2.24) is 10.2 Å². The van der Waals surface area contributed by atoms with Crippen molar-refractivity contribution >= 4 is 5.78 Å². The summed E-state index contributed by atoms with van der Waals surface area (Å²) in [4.78, 5) is 14.3. The smallest absolute Gasteiger partial charge is 0.176 e. The second-order valence-electron chi connectivity index (χ2n) is 5.04. The zero-order valence-electron chi connectivity index (χ0n) is 11.7. The predicted octanol–water partition coefficient (Wildman–Crippen LogP) is 1.35. The highest BCUT2D eigenvalue weighted by Gasteiger charge is 2.15. The van der Waals surface area contributed by atoms with Crippen molar-refractivity contribution in [3.63, 3.8) is 0 Å². The van der Waals surface area contributed by atoms with E-state index in [4.69, 9.17) is 4.74 Å². The predicted molar refractivity (Wildman–Crippen MR) is 76.0 cm³/mol. The molecule has 104 valence electrons. The molecule has 1 aromatic carbocycles. The molecule has 0 saturated heterocycles. The lowest BCUT2D eigenvalue weighted by Crippen LogP contribution is -2.28. The molecule has 0 spiro atoms. The highest BCUT2D eigenvalue weighted by Crippen LogP contribution is 2.25. The van der Waals surface area contributed by atoms with Crippen LogP contribution in [0.15, 0.2) is 18.2 Å². The first kappa shape index (κ1) is 14.0. The number of ketones is 1. The molecular formula is C15H22N2O2. The van der Waals surface area contributed by atoms with Crippen LogP contribution in [0.25, 0.3) is 0 Å². The molecule has 0 aromatic heterocycles. The van der Waals surface area contributed by atoms with E-state index in [2.05, 4.69) is 10.2 Å². The van der Waals surface area contributed by atoms with Crippen LogP contribution < -0.4 is 10.1 Å². The van der Waals surface area contributed by atoms with Crippen molar-refractivity contribution in [2.24, 2.45) is 0 Å². The third-order valence-corrected chi connectivity index (χ3v) is 3.39. The van der Waals surface area contributed by atoms with Gasteiger partial charge in [-0.15, -0.1) is 0 Å². The number of likely N-dealkylation sites (N-methyl/N-ethyl adjacent to an activating group) is 1. The van der Waals surface area contributed by atoms with Crippen LogP contribution in [-0.2, 0) is 6.42 Å². The van der Waals surface area contributed by atoms with Crippen LogP contribution in [0, 0.1) is 0 Å². The quantitative estimate of drug-likeness (QED) is 0.595. The van der Waals surface area contributed by atoms with Crippen LogP contribution in [-0.4, -0.2) is 51.0 Å². The number of rotatable bonds is 7. The van der Waals surface area contributed by atoms with Gasteiger partial charge in [0.15, 0.2) is 5.78 Å². The minimum atomic E-state index is 0.182. The van der Waals surface area contributed by atoms with Crippen LogP contribution in [0.2, 0.25) is 0 Å².